The normalized spacial score (nSPS) is 13.5. The Morgan fingerprint density at radius 3 is 1.38 bits per heavy atom. The predicted molar refractivity (Wildman–Crippen MR) is 243 cm³/mol. The summed E-state index contributed by atoms with van der Waals surface area (Å²) in [5.74, 6) is 0. The lowest BCUT2D eigenvalue weighted by atomic mass is 9.82. The Morgan fingerprint density at radius 1 is 0.362 bits per heavy atom. The Balaban J connectivity index is 1.16. The second kappa shape index (κ2) is 11.4. The molecule has 0 spiro atoms. The van der Waals surface area contributed by atoms with Crippen LogP contribution in [0.15, 0.2) is 185 Å². The van der Waals surface area contributed by atoms with Gasteiger partial charge in [0.1, 0.15) is 22.3 Å². The fraction of sp³-hybridized carbons (Fsp3) is 0.0545. The van der Waals surface area contributed by atoms with E-state index in [0.29, 0.717) is 0 Å². The van der Waals surface area contributed by atoms with E-state index >= 15 is 0 Å². The van der Waals surface area contributed by atoms with Crippen molar-refractivity contribution < 1.29 is 8.83 Å². The van der Waals surface area contributed by atoms with Crippen LogP contribution >= 0.6 is 0 Å². The number of nitrogens with zero attached hydrogens (tertiary/aromatic N) is 1. The molecule has 0 unspecified atom stereocenters. The van der Waals surface area contributed by atoms with Gasteiger partial charge in [0.15, 0.2) is 0 Å². The van der Waals surface area contributed by atoms with Gasteiger partial charge in [0, 0.05) is 43.4 Å². The average Bonchev–Trinajstić information content (AvgIpc) is 3.34. The maximum absolute atomic E-state index is 6.88. The van der Waals surface area contributed by atoms with Crippen LogP contribution in [-0.4, -0.2) is 0 Å². The van der Waals surface area contributed by atoms with Crippen LogP contribution in [-0.2, 0) is 5.41 Å². The van der Waals surface area contributed by atoms with Crippen LogP contribution in [0.1, 0.15) is 25.0 Å². The first kappa shape index (κ1) is 31.8. The molecule has 0 N–H and O–H groups in total. The zero-order valence-electron chi connectivity index (χ0n) is 32.0. The lowest BCUT2D eigenvalue weighted by molar-refractivity contribution is 0.660. The van der Waals surface area contributed by atoms with Gasteiger partial charge in [0.05, 0.1) is 11.4 Å². The fourth-order valence-corrected chi connectivity index (χ4v) is 10.4. The van der Waals surface area contributed by atoms with E-state index < -0.39 is 0 Å². The molecular weight excluding hydrogens is 707 g/mol. The second-order valence-corrected chi connectivity index (χ2v) is 16.4. The summed E-state index contributed by atoms with van der Waals surface area (Å²) in [6.45, 7) is 4.71. The summed E-state index contributed by atoms with van der Waals surface area (Å²) >= 11 is 0. The Labute approximate surface area is 333 Å². The zero-order chi connectivity index (χ0) is 38.3. The topological polar surface area (TPSA) is 29.5 Å². The average molecular weight is 742 g/mol. The van der Waals surface area contributed by atoms with Crippen molar-refractivity contribution in [1.82, 2.24) is 0 Å². The van der Waals surface area contributed by atoms with Gasteiger partial charge in [-0.25, -0.2) is 0 Å². The van der Waals surface area contributed by atoms with Crippen molar-refractivity contribution in [3.63, 3.8) is 0 Å². The molecule has 272 valence electrons. The van der Waals surface area contributed by atoms with E-state index in [1.165, 1.54) is 54.6 Å². The van der Waals surface area contributed by atoms with Crippen LogP contribution in [0, 0.1) is 0 Å². The third kappa shape index (κ3) is 4.17. The Hall–Kier alpha value is -7.36. The van der Waals surface area contributed by atoms with Crippen LogP contribution in [0.25, 0.3) is 98.1 Å². The molecule has 0 fully saturated rings. The molecule has 0 atom stereocenters. The van der Waals surface area contributed by atoms with Gasteiger partial charge in [-0.2, -0.15) is 0 Å². The number of fused-ring (bicyclic) bond motifs is 5. The largest absolute Gasteiger partial charge is 0.456 e. The lowest BCUT2D eigenvalue weighted by Crippen LogP contribution is -2.16. The monoisotopic (exact) mass is 741 g/mol. The molecule has 0 radical (unpaired) electrons. The molecule has 2 heterocycles. The van der Waals surface area contributed by atoms with Crippen molar-refractivity contribution in [3.8, 4) is 11.1 Å². The molecule has 3 heteroatoms. The highest BCUT2D eigenvalue weighted by atomic mass is 16.3. The minimum atomic E-state index is -0.167. The number of hydrogen-bond acceptors (Lipinski definition) is 3. The number of rotatable bonds is 3. The summed E-state index contributed by atoms with van der Waals surface area (Å²) in [4.78, 5) is 2.47. The van der Waals surface area contributed by atoms with Gasteiger partial charge in [-0.1, -0.05) is 141 Å². The molecule has 0 aliphatic heterocycles. The molecule has 0 amide bonds. The van der Waals surface area contributed by atoms with Crippen molar-refractivity contribution in [2.45, 2.75) is 19.3 Å². The summed E-state index contributed by atoms with van der Waals surface area (Å²) < 4.78 is 13.8. The van der Waals surface area contributed by atoms with Crippen LogP contribution < -0.4 is 4.90 Å². The molecular formula is C55H35NO2. The maximum atomic E-state index is 6.88. The summed E-state index contributed by atoms with van der Waals surface area (Å²) in [7, 11) is 0. The molecule has 0 saturated heterocycles. The SMILES string of the molecule is CC1(C)c2ccccc2-c2ccc(N(c3ccc4oc5cccc6cccc(c7cccc3c47)c65)c3ccc4oc5cccc6cccc(c7cccc3c47)c65)cc21. The molecule has 1 aliphatic rings. The number of benzene rings is 10. The van der Waals surface area contributed by atoms with Crippen LogP contribution in [0.3, 0.4) is 0 Å². The van der Waals surface area contributed by atoms with Crippen molar-refractivity contribution in [2.24, 2.45) is 0 Å². The fourth-order valence-electron chi connectivity index (χ4n) is 10.4. The highest BCUT2D eigenvalue weighted by molar-refractivity contribution is 6.27. The van der Waals surface area contributed by atoms with Gasteiger partial charge in [-0.3, -0.25) is 0 Å². The highest BCUT2D eigenvalue weighted by Crippen LogP contribution is 2.53. The van der Waals surface area contributed by atoms with Crippen LogP contribution in [0.4, 0.5) is 17.1 Å². The van der Waals surface area contributed by atoms with E-state index in [-0.39, 0.29) is 5.41 Å². The molecule has 1 aliphatic carbocycles. The first-order chi connectivity index (χ1) is 28.5. The minimum Gasteiger partial charge on any atom is -0.456 e. The van der Waals surface area contributed by atoms with Gasteiger partial charge in [0.2, 0.25) is 0 Å². The summed E-state index contributed by atoms with van der Waals surface area (Å²) in [5.41, 5.74) is 11.9. The smallest absolute Gasteiger partial charge is 0.136 e. The molecule has 0 saturated carbocycles. The summed E-state index contributed by atoms with van der Waals surface area (Å²) in [6.07, 6.45) is 0. The Morgan fingerprint density at radius 2 is 0.810 bits per heavy atom. The Kier molecular flexibility index (Phi) is 6.23. The first-order valence-electron chi connectivity index (χ1n) is 20.1. The molecule has 2 aromatic heterocycles. The van der Waals surface area contributed by atoms with Gasteiger partial charge in [0.25, 0.3) is 0 Å². The zero-order valence-corrected chi connectivity index (χ0v) is 32.0. The van der Waals surface area contributed by atoms with E-state index in [9.17, 15) is 0 Å². The predicted octanol–water partition coefficient (Wildman–Crippen LogP) is 15.9. The van der Waals surface area contributed by atoms with Crippen molar-refractivity contribution in [3.05, 3.63) is 187 Å². The molecule has 58 heavy (non-hydrogen) atoms. The molecule has 12 aromatic rings. The summed E-state index contributed by atoms with van der Waals surface area (Å²) in [5, 5.41) is 13.8. The van der Waals surface area contributed by atoms with E-state index in [1.54, 1.807) is 0 Å². The lowest BCUT2D eigenvalue weighted by Gasteiger charge is -2.30. The second-order valence-electron chi connectivity index (χ2n) is 16.4. The van der Waals surface area contributed by atoms with Gasteiger partial charge in [-0.15, -0.1) is 0 Å². The standard InChI is InChI=1S/C55H35NO2/c1-55(2)43-22-4-3-15-35(43)36-26-25-34(31-44(36)55)56(45-27-29-49-53-39(18-9-20-41(45)53)37-16-5-11-32-13-7-23-47(57-49)51(32)37)46-28-30-50-54-40(19-10-21-42(46)54)38-17-6-12-33-14-8-24-48(58-50)52(33)38/h3-31H,1-2H3. The van der Waals surface area contributed by atoms with Gasteiger partial charge in [-0.05, 0) is 103 Å². The van der Waals surface area contributed by atoms with E-state index in [0.717, 1.165) is 71.7 Å². The van der Waals surface area contributed by atoms with E-state index in [2.05, 4.69) is 195 Å². The minimum absolute atomic E-state index is 0.167. The Bertz CT molecular complexity index is 3530. The van der Waals surface area contributed by atoms with E-state index in [4.69, 9.17) is 8.83 Å². The maximum Gasteiger partial charge on any atom is 0.136 e. The van der Waals surface area contributed by atoms with Crippen molar-refractivity contribution in [1.29, 1.82) is 0 Å². The van der Waals surface area contributed by atoms with Crippen LogP contribution in [0.2, 0.25) is 0 Å². The van der Waals surface area contributed by atoms with Gasteiger partial charge < -0.3 is 13.7 Å². The van der Waals surface area contributed by atoms with Crippen molar-refractivity contribution >= 4 is 104 Å². The summed E-state index contributed by atoms with van der Waals surface area (Å²) in [6, 6.07) is 64.0. The molecule has 3 nitrogen and oxygen atoms in total. The third-order valence-electron chi connectivity index (χ3n) is 13.0. The van der Waals surface area contributed by atoms with E-state index in [1.807, 2.05) is 0 Å². The number of hydrogen-bond donors (Lipinski definition) is 0. The quantitative estimate of drug-likeness (QED) is 0.181. The highest BCUT2D eigenvalue weighted by Gasteiger charge is 2.36. The first-order valence-corrected chi connectivity index (χ1v) is 20.1. The molecule has 10 aromatic carbocycles. The molecule has 0 bridgehead atoms. The van der Waals surface area contributed by atoms with Gasteiger partial charge >= 0.3 is 0 Å². The third-order valence-corrected chi connectivity index (χ3v) is 13.0. The van der Waals surface area contributed by atoms with Crippen molar-refractivity contribution in [2.75, 3.05) is 4.90 Å². The molecule has 13 rings (SSSR count). The van der Waals surface area contributed by atoms with Crippen LogP contribution in [0.5, 0.6) is 0 Å². The number of anilines is 3.